The standard InChI is InChI=1S/C18H9N5S/c19-9-13(10-20)16(11-21)22-14-5-3-4-12(8-14)18-23-15-6-1-2-7-17(15)24-18/h1-8,22H. The van der Waals surface area contributed by atoms with Gasteiger partial charge in [0.1, 0.15) is 28.9 Å². The van der Waals surface area contributed by atoms with Crippen molar-refractivity contribution >= 4 is 27.2 Å². The number of thiazole rings is 1. The van der Waals surface area contributed by atoms with Gasteiger partial charge in [0.15, 0.2) is 5.57 Å². The zero-order chi connectivity index (χ0) is 16.9. The average Bonchev–Trinajstić information content (AvgIpc) is 3.06. The van der Waals surface area contributed by atoms with Gasteiger partial charge in [-0.15, -0.1) is 11.3 Å². The predicted molar refractivity (Wildman–Crippen MR) is 92.5 cm³/mol. The Bertz CT molecular complexity index is 1020. The SMILES string of the molecule is N#CC(C#N)=C(C#N)Nc1cccc(-c2nc3ccccc3s2)c1. The molecule has 0 aliphatic carbocycles. The van der Waals surface area contributed by atoms with Gasteiger partial charge < -0.3 is 5.32 Å². The molecule has 1 aromatic heterocycles. The van der Waals surface area contributed by atoms with E-state index in [0.29, 0.717) is 5.69 Å². The van der Waals surface area contributed by atoms with Crippen molar-refractivity contribution in [3.63, 3.8) is 0 Å². The topological polar surface area (TPSA) is 96.3 Å². The number of fused-ring (bicyclic) bond motifs is 1. The van der Waals surface area contributed by atoms with Gasteiger partial charge in [0.25, 0.3) is 0 Å². The Morgan fingerprint density at radius 2 is 1.75 bits per heavy atom. The molecule has 3 aromatic rings. The van der Waals surface area contributed by atoms with E-state index in [1.54, 1.807) is 29.5 Å². The van der Waals surface area contributed by atoms with Crippen molar-refractivity contribution in [2.75, 3.05) is 5.32 Å². The van der Waals surface area contributed by atoms with Crippen LogP contribution in [0, 0.1) is 34.0 Å². The van der Waals surface area contributed by atoms with E-state index in [1.165, 1.54) is 0 Å². The average molecular weight is 327 g/mol. The maximum absolute atomic E-state index is 9.12. The minimum atomic E-state index is -0.247. The fourth-order valence-electron chi connectivity index (χ4n) is 2.15. The van der Waals surface area contributed by atoms with Crippen LogP contribution in [-0.2, 0) is 0 Å². The minimum absolute atomic E-state index is 0.0681. The molecular weight excluding hydrogens is 318 g/mol. The van der Waals surface area contributed by atoms with Gasteiger partial charge in [0, 0.05) is 11.3 Å². The first-order chi connectivity index (χ1) is 11.7. The Balaban J connectivity index is 1.98. The molecule has 0 saturated carbocycles. The molecule has 2 aromatic carbocycles. The van der Waals surface area contributed by atoms with Gasteiger partial charge >= 0.3 is 0 Å². The number of benzene rings is 2. The number of aromatic nitrogens is 1. The number of allylic oxidation sites excluding steroid dienone is 2. The Morgan fingerprint density at radius 3 is 2.46 bits per heavy atom. The van der Waals surface area contributed by atoms with Crippen molar-refractivity contribution in [1.82, 2.24) is 4.98 Å². The molecule has 0 amide bonds. The van der Waals surface area contributed by atoms with Gasteiger partial charge in [-0.1, -0.05) is 24.3 Å². The van der Waals surface area contributed by atoms with E-state index in [4.69, 9.17) is 15.8 Å². The molecule has 0 unspecified atom stereocenters. The summed E-state index contributed by atoms with van der Waals surface area (Å²) in [5.41, 5.74) is 2.13. The smallest absolute Gasteiger partial charge is 0.163 e. The molecule has 1 N–H and O–H groups in total. The van der Waals surface area contributed by atoms with Crippen molar-refractivity contribution in [1.29, 1.82) is 15.8 Å². The third kappa shape index (κ3) is 2.94. The molecule has 0 saturated heterocycles. The maximum atomic E-state index is 9.12. The van der Waals surface area contributed by atoms with Crippen LogP contribution in [0.25, 0.3) is 20.8 Å². The number of nitriles is 3. The van der Waals surface area contributed by atoms with Crippen LogP contribution in [0.2, 0.25) is 0 Å². The highest BCUT2D eigenvalue weighted by atomic mass is 32.1. The Hall–Kier alpha value is -3.66. The lowest BCUT2D eigenvalue weighted by molar-refractivity contribution is 1.37. The van der Waals surface area contributed by atoms with Crippen molar-refractivity contribution in [2.24, 2.45) is 0 Å². The number of hydrogen-bond acceptors (Lipinski definition) is 6. The van der Waals surface area contributed by atoms with Crippen LogP contribution >= 0.6 is 11.3 Å². The molecule has 0 spiro atoms. The number of hydrogen-bond donors (Lipinski definition) is 1. The second-order valence-electron chi connectivity index (χ2n) is 4.78. The Morgan fingerprint density at radius 1 is 0.958 bits per heavy atom. The second kappa shape index (κ2) is 6.62. The Kier molecular flexibility index (Phi) is 4.21. The monoisotopic (exact) mass is 327 g/mol. The highest BCUT2D eigenvalue weighted by molar-refractivity contribution is 7.21. The summed E-state index contributed by atoms with van der Waals surface area (Å²) in [6, 6.07) is 20.5. The summed E-state index contributed by atoms with van der Waals surface area (Å²) in [5, 5.41) is 30.6. The summed E-state index contributed by atoms with van der Waals surface area (Å²) < 4.78 is 1.10. The highest BCUT2D eigenvalue weighted by Crippen LogP contribution is 2.31. The summed E-state index contributed by atoms with van der Waals surface area (Å²) in [6.07, 6.45) is 0. The molecule has 0 radical (unpaired) electrons. The molecule has 0 fully saturated rings. The van der Waals surface area contributed by atoms with Crippen LogP contribution in [0.5, 0.6) is 0 Å². The molecule has 0 aliphatic rings. The molecule has 0 aliphatic heterocycles. The van der Waals surface area contributed by atoms with Crippen molar-refractivity contribution in [2.45, 2.75) is 0 Å². The fraction of sp³-hybridized carbons (Fsp3) is 0. The summed E-state index contributed by atoms with van der Waals surface area (Å²) in [4.78, 5) is 4.60. The normalized spacial score (nSPS) is 9.54. The molecule has 1 heterocycles. The van der Waals surface area contributed by atoms with Gasteiger partial charge in [-0.05, 0) is 24.3 Å². The number of anilines is 1. The van der Waals surface area contributed by atoms with E-state index in [-0.39, 0.29) is 11.3 Å². The lowest BCUT2D eigenvalue weighted by Gasteiger charge is -2.06. The molecule has 0 atom stereocenters. The zero-order valence-corrected chi connectivity index (χ0v) is 13.1. The largest absolute Gasteiger partial charge is 0.345 e. The molecule has 3 rings (SSSR count). The van der Waals surface area contributed by atoms with Crippen LogP contribution in [0.4, 0.5) is 5.69 Å². The van der Waals surface area contributed by atoms with E-state index in [9.17, 15) is 0 Å². The number of nitrogens with one attached hydrogen (secondary N) is 1. The second-order valence-corrected chi connectivity index (χ2v) is 5.81. The van der Waals surface area contributed by atoms with E-state index in [2.05, 4.69) is 10.3 Å². The van der Waals surface area contributed by atoms with Crippen LogP contribution in [0.3, 0.4) is 0 Å². The molecule has 112 valence electrons. The summed E-state index contributed by atoms with van der Waals surface area (Å²) in [5.74, 6) is 0. The summed E-state index contributed by atoms with van der Waals surface area (Å²) in [6.45, 7) is 0. The molecular formula is C18H9N5S. The third-order valence-corrected chi connectivity index (χ3v) is 4.34. The van der Waals surface area contributed by atoms with Crippen molar-refractivity contribution in [3.8, 4) is 28.8 Å². The number of para-hydroxylation sites is 1. The van der Waals surface area contributed by atoms with Gasteiger partial charge in [-0.25, -0.2) is 4.98 Å². The molecule has 6 heteroatoms. The molecule has 0 bridgehead atoms. The van der Waals surface area contributed by atoms with Crippen molar-refractivity contribution < 1.29 is 0 Å². The van der Waals surface area contributed by atoms with Crippen LogP contribution in [0.1, 0.15) is 0 Å². The van der Waals surface area contributed by atoms with Crippen LogP contribution < -0.4 is 5.32 Å². The maximum Gasteiger partial charge on any atom is 0.163 e. The quantitative estimate of drug-likeness (QED) is 0.727. The number of rotatable bonds is 3. The predicted octanol–water partition coefficient (Wildman–Crippen LogP) is 4.20. The first-order valence-corrected chi connectivity index (χ1v) is 7.74. The Labute approximate surface area is 142 Å². The first-order valence-electron chi connectivity index (χ1n) is 6.92. The van der Waals surface area contributed by atoms with Crippen LogP contribution in [-0.4, -0.2) is 4.98 Å². The lowest BCUT2D eigenvalue weighted by Crippen LogP contribution is -2.00. The van der Waals surface area contributed by atoms with Gasteiger partial charge in [-0.3, -0.25) is 0 Å². The zero-order valence-electron chi connectivity index (χ0n) is 12.3. The van der Waals surface area contributed by atoms with E-state index in [1.807, 2.05) is 48.5 Å². The highest BCUT2D eigenvalue weighted by Gasteiger charge is 2.09. The summed E-state index contributed by atoms with van der Waals surface area (Å²) >= 11 is 1.58. The molecule has 24 heavy (non-hydrogen) atoms. The van der Waals surface area contributed by atoms with Gasteiger partial charge in [0.2, 0.25) is 0 Å². The van der Waals surface area contributed by atoms with Gasteiger partial charge in [0.05, 0.1) is 10.2 Å². The van der Waals surface area contributed by atoms with Crippen LogP contribution in [0.15, 0.2) is 59.8 Å². The number of nitrogens with zero attached hydrogens (tertiary/aromatic N) is 4. The third-order valence-electron chi connectivity index (χ3n) is 3.26. The van der Waals surface area contributed by atoms with Crippen molar-refractivity contribution in [3.05, 3.63) is 59.8 Å². The van der Waals surface area contributed by atoms with Gasteiger partial charge in [-0.2, -0.15) is 15.8 Å². The lowest BCUT2D eigenvalue weighted by atomic mass is 10.2. The van der Waals surface area contributed by atoms with E-state index in [0.717, 1.165) is 20.8 Å². The van der Waals surface area contributed by atoms with E-state index >= 15 is 0 Å². The van der Waals surface area contributed by atoms with E-state index < -0.39 is 0 Å². The minimum Gasteiger partial charge on any atom is -0.345 e. The first kappa shape index (κ1) is 15.2. The fourth-order valence-corrected chi connectivity index (χ4v) is 3.12. The molecule has 5 nitrogen and oxygen atoms in total. The summed E-state index contributed by atoms with van der Waals surface area (Å²) in [7, 11) is 0.